The van der Waals surface area contributed by atoms with E-state index in [1.54, 1.807) is 30.3 Å². The molecule has 0 bridgehead atoms. The predicted molar refractivity (Wildman–Crippen MR) is 103 cm³/mol. The van der Waals surface area contributed by atoms with Gasteiger partial charge in [0, 0.05) is 18.3 Å². The second kappa shape index (κ2) is 8.09. The number of rotatable bonds is 6. The normalized spacial score (nSPS) is 13.1. The smallest absolute Gasteiger partial charge is 0.292 e. The molecule has 1 aliphatic rings. The van der Waals surface area contributed by atoms with E-state index in [1.165, 1.54) is 30.0 Å². The molecular formula is C18H18N4O4S. The van der Waals surface area contributed by atoms with Crippen molar-refractivity contribution in [2.24, 2.45) is 0 Å². The number of carbonyl (C=O) groups is 2. The first-order valence-electron chi connectivity index (χ1n) is 8.11. The predicted octanol–water partition coefficient (Wildman–Crippen LogP) is 1.52. The fraction of sp³-hybridized carbons (Fsp3) is 0.222. The Morgan fingerprint density at radius 1 is 1.44 bits per heavy atom. The standard InChI is InChI=1S/C18H18N4O4S/c1-3-7-21-16(24)11-27-14-9-19-22(18(25)17(14)21)10-15(23)20-12-5-4-6-13(8-12)26-2/h3-6,8-9H,1,7,10-11H2,2H3,(H,20,23). The molecule has 0 saturated carbocycles. The fourth-order valence-electron chi connectivity index (χ4n) is 2.63. The molecule has 1 N–H and O–H groups in total. The summed E-state index contributed by atoms with van der Waals surface area (Å²) in [6.45, 7) is 3.57. The summed E-state index contributed by atoms with van der Waals surface area (Å²) in [6, 6.07) is 6.88. The number of methoxy groups -OCH3 is 1. The minimum absolute atomic E-state index is 0.178. The quantitative estimate of drug-likeness (QED) is 0.757. The number of hydrogen-bond donors (Lipinski definition) is 1. The van der Waals surface area contributed by atoms with Gasteiger partial charge in [0.05, 0.1) is 24.0 Å². The second-order valence-corrected chi connectivity index (χ2v) is 6.70. The van der Waals surface area contributed by atoms with Crippen molar-refractivity contribution in [2.75, 3.05) is 29.6 Å². The molecule has 0 spiro atoms. The summed E-state index contributed by atoms with van der Waals surface area (Å²) < 4.78 is 6.16. The Bertz CT molecular complexity index is 957. The van der Waals surface area contributed by atoms with Crippen LogP contribution in [0.1, 0.15) is 0 Å². The summed E-state index contributed by atoms with van der Waals surface area (Å²) in [5, 5.41) is 6.76. The summed E-state index contributed by atoms with van der Waals surface area (Å²) in [5.74, 6) is 0.251. The molecule has 0 unspecified atom stereocenters. The molecule has 8 nitrogen and oxygen atoms in total. The first kappa shape index (κ1) is 18.7. The second-order valence-electron chi connectivity index (χ2n) is 5.68. The number of fused-ring (bicyclic) bond motifs is 1. The Labute approximate surface area is 159 Å². The Balaban J connectivity index is 1.83. The van der Waals surface area contributed by atoms with Crippen molar-refractivity contribution in [1.82, 2.24) is 9.78 Å². The Morgan fingerprint density at radius 2 is 2.26 bits per heavy atom. The van der Waals surface area contributed by atoms with Gasteiger partial charge in [-0.3, -0.25) is 14.4 Å². The number of amides is 2. The Morgan fingerprint density at radius 3 is 3.00 bits per heavy atom. The molecule has 27 heavy (non-hydrogen) atoms. The zero-order valence-electron chi connectivity index (χ0n) is 14.7. The molecule has 1 aromatic carbocycles. The van der Waals surface area contributed by atoms with E-state index < -0.39 is 11.5 Å². The highest BCUT2D eigenvalue weighted by molar-refractivity contribution is 8.00. The maximum absolute atomic E-state index is 12.8. The number of aromatic nitrogens is 2. The first-order chi connectivity index (χ1) is 13.0. The van der Waals surface area contributed by atoms with Gasteiger partial charge in [0.2, 0.25) is 11.8 Å². The van der Waals surface area contributed by atoms with E-state index in [9.17, 15) is 14.4 Å². The third-order valence-corrected chi connectivity index (χ3v) is 4.87. The van der Waals surface area contributed by atoms with Crippen LogP contribution in [0.4, 0.5) is 11.4 Å². The molecule has 1 aliphatic heterocycles. The van der Waals surface area contributed by atoms with Crippen molar-refractivity contribution in [2.45, 2.75) is 11.4 Å². The van der Waals surface area contributed by atoms with Crippen LogP contribution in [0.5, 0.6) is 5.75 Å². The van der Waals surface area contributed by atoms with Crippen molar-refractivity contribution in [3.8, 4) is 5.75 Å². The lowest BCUT2D eigenvalue weighted by Gasteiger charge is -2.27. The summed E-state index contributed by atoms with van der Waals surface area (Å²) in [7, 11) is 1.53. The number of nitrogens with zero attached hydrogens (tertiary/aromatic N) is 3. The fourth-order valence-corrected chi connectivity index (χ4v) is 3.52. The van der Waals surface area contributed by atoms with Crippen molar-refractivity contribution in [3.05, 3.63) is 53.5 Å². The van der Waals surface area contributed by atoms with Crippen molar-refractivity contribution >= 4 is 35.0 Å². The number of carbonyl (C=O) groups excluding carboxylic acids is 2. The summed E-state index contributed by atoms with van der Waals surface area (Å²) in [6.07, 6.45) is 3.06. The van der Waals surface area contributed by atoms with Crippen molar-refractivity contribution < 1.29 is 14.3 Å². The van der Waals surface area contributed by atoms with Crippen LogP contribution in [-0.2, 0) is 16.1 Å². The van der Waals surface area contributed by atoms with Crippen molar-refractivity contribution in [3.63, 3.8) is 0 Å². The number of ether oxygens (including phenoxy) is 1. The van der Waals surface area contributed by atoms with Gasteiger partial charge in [0.15, 0.2) is 0 Å². The van der Waals surface area contributed by atoms with E-state index in [0.717, 1.165) is 4.68 Å². The van der Waals surface area contributed by atoms with E-state index in [0.29, 0.717) is 16.3 Å². The van der Waals surface area contributed by atoms with Gasteiger partial charge in [-0.05, 0) is 12.1 Å². The average Bonchev–Trinajstić information content (AvgIpc) is 2.66. The summed E-state index contributed by atoms with van der Waals surface area (Å²) >= 11 is 1.26. The number of nitrogens with one attached hydrogen (secondary N) is 1. The molecule has 0 aliphatic carbocycles. The minimum atomic E-state index is -0.490. The van der Waals surface area contributed by atoms with Crippen LogP contribution in [0.3, 0.4) is 0 Å². The third-order valence-electron chi connectivity index (χ3n) is 3.87. The zero-order chi connectivity index (χ0) is 19.4. The van der Waals surface area contributed by atoms with E-state index >= 15 is 0 Å². The molecule has 2 heterocycles. The van der Waals surface area contributed by atoms with Crippen LogP contribution in [0, 0.1) is 0 Å². The molecule has 2 amide bonds. The molecule has 0 atom stereocenters. The average molecular weight is 386 g/mol. The number of benzene rings is 1. The van der Waals surface area contributed by atoms with Gasteiger partial charge in [-0.15, -0.1) is 18.3 Å². The SMILES string of the molecule is C=CCN1C(=O)CSc2cnn(CC(=O)Nc3cccc(OC)c3)c(=O)c21. The van der Waals surface area contributed by atoms with Gasteiger partial charge in [-0.1, -0.05) is 12.1 Å². The van der Waals surface area contributed by atoms with Crippen molar-refractivity contribution in [1.29, 1.82) is 0 Å². The highest BCUT2D eigenvalue weighted by Crippen LogP contribution is 2.31. The molecular weight excluding hydrogens is 368 g/mol. The lowest BCUT2D eigenvalue weighted by molar-refractivity contribution is -0.117. The topological polar surface area (TPSA) is 93.5 Å². The largest absolute Gasteiger partial charge is 0.497 e. The van der Waals surface area contributed by atoms with Crippen LogP contribution >= 0.6 is 11.8 Å². The number of anilines is 2. The monoisotopic (exact) mass is 386 g/mol. The van der Waals surface area contributed by atoms with Gasteiger partial charge in [-0.25, -0.2) is 4.68 Å². The molecule has 0 fully saturated rings. The van der Waals surface area contributed by atoms with E-state index in [2.05, 4.69) is 17.0 Å². The highest BCUT2D eigenvalue weighted by atomic mass is 32.2. The molecule has 3 rings (SSSR count). The zero-order valence-corrected chi connectivity index (χ0v) is 15.5. The van der Waals surface area contributed by atoms with Gasteiger partial charge in [-0.2, -0.15) is 5.10 Å². The van der Waals surface area contributed by atoms with Crippen LogP contribution in [0.25, 0.3) is 0 Å². The Hall–Kier alpha value is -3.07. The summed E-state index contributed by atoms with van der Waals surface area (Å²) in [5.41, 5.74) is 0.292. The lowest BCUT2D eigenvalue weighted by Crippen LogP contribution is -2.42. The van der Waals surface area contributed by atoms with E-state index in [-0.39, 0.29) is 30.4 Å². The molecule has 9 heteroatoms. The first-order valence-corrected chi connectivity index (χ1v) is 9.10. The molecule has 2 aromatic rings. The van der Waals surface area contributed by atoms with Gasteiger partial charge in [0.25, 0.3) is 5.56 Å². The van der Waals surface area contributed by atoms with Crippen LogP contribution in [0.2, 0.25) is 0 Å². The highest BCUT2D eigenvalue weighted by Gasteiger charge is 2.28. The van der Waals surface area contributed by atoms with Gasteiger partial charge in [0.1, 0.15) is 18.0 Å². The van der Waals surface area contributed by atoms with E-state index in [1.807, 2.05) is 0 Å². The minimum Gasteiger partial charge on any atom is -0.497 e. The van der Waals surface area contributed by atoms with Gasteiger partial charge < -0.3 is 15.0 Å². The van der Waals surface area contributed by atoms with Gasteiger partial charge >= 0.3 is 0 Å². The van der Waals surface area contributed by atoms with Crippen LogP contribution in [0.15, 0.2) is 52.8 Å². The number of hydrogen-bond acceptors (Lipinski definition) is 6. The molecule has 140 valence electrons. The van der Waals surface area contributed by atoms with Crippen LogP contribution < -0.4 is 20.5 Å². The summed E-state index contributed by atoms with van der Waals surface area (Å²) in [4.78, 5) is 39.2. The number of thioether (sulfide) groups is 1. The Kier molecular flexibility index (Phi) is 5.60. The molecule has 0 saturated heterocycles. The molecule has 0 radical (unpaired) electrons. The maximum Gasteiger partial charge on any atom is 0.292 e. The van der Waals surface area contributed by atoms with E-state index in [4.69, 9.17) is 4.74 Å². The molecule has 1 aromatic heterocycles. The maximum atomic E-state index is 12.8. The third kappa shape index (κ3) is 4.03. The van der Waals surface area contributed by atoms with Crippen LogP contribution in [-0.4, -0.2) is 41.0 Å². The lowest BCUT2D eigenvalue weighted by atomic mass is 10.3.